The van der Waals surface area contributed by atoms with Crippen molar-refractivity contribution in [2.75, 3.05) is 0 Å². The summed E-state index contributed by atoms with van der Waals surface area (Å²) in [7, 11) is 0. The van der Waals surface area contributed by atoms with Crippen LogP contribution in [0.15, 0.2) is 24.3 Å². The van der Waals surface area contributed by atoms with E-state index in [1.807, 2.05) is 0 Å². The molecular weight excluding hydrogens is 201 g/mol. The Morgan fingerprint density at radius 2 is 1.75 bits per heavy atom. The lowest BCUT2D eigenvalue weighted by molar-refractivity contribution is -0.109. The molecule has 0 saturated carbocycles. The topological polar surface area (TPSA) is 58.0 Å². The molecule has 0 fully saturated rings. The van der Waals surface area contributed by atoms with Crippen LogP contribution in [-0.2, 0) is 9.59 Å². The lowest BCUT2D eigenvalue weighted by Gasteiger charge is -1.96. The van der Waals surface area contributed by atoms with Crippen molar-refractivity contribution in [1.82, 2.24) is 0 Å². The lowest BCUT2D eigenvalue weighted by atomic mass is 10.2. The zero-order valence-electron chi connectivity index (χ0n) is 5.93. The Morgan fingerprint density at radius 1 is 1.25 bits per heavy atom. The van der Waals surface area contributed by atoms with Crippen LogP contribution in [0.5, 0.6) is 0 Å². The molecule has 5 heteroatoms. The normalized spacial score (nSPS) is 10.7. The van der Waals surface area contributed by atoms with E-state index in [1.165, 1.54) is 6.08 Å². The molecule has 1 N–H and O–H groups in total. The maximum Gasteiger partial charge on any atom is 0.270 e. The van der Waals surface area contributed by atoms with E-state index < -0.39 is 16.2 Å². The molecule has 64 valence electrons. The number of nitrogens with one attached hydrogen (secondary N) is 1. The molecule has 0 spiro atoms. The average Bonchev–Trinajstić information content (AvgIpc) is 1.98. The van der Waals surface area contributed by atoms with Crippen molar-refractivity contribution in [2.45, 2.75) is 0 Å². The highest BCUT2D eigenvalue weighted by Gasteiger charge is 2.16. The molecule has 12 heavy (non-hydrogen) atoms. The van der Waals surface area contributed by atoms with Crippen LogP contribution in [0.2, 0.25) is 0 Å². The Morgan fingerprint density at radius 3 is 2.00 bits per heavy atom. The van der Waals surface area contributed by atoms with Gasteiger partial charge in [-0.25, -0.2) is 0 Å². The van der Waals surface area contributed by atoms with Gasteiger partial charge in [-0.3, -0.25) is 15.0 Å². The summed E-state index contributed by atoms with van der Waals surface area (Å²) in [6.07, 6.45) is 2.39. The molecule has 0 aromatic carbocycles. The van der Waals surface area contributed by atoms with Gasteiger partial charge < -0.3 is 0 Å². The van der Waals surface area contributed by atoms with Gasteiger partial charge >= 0.3 is 0 Å². The molecule has 3 nitrogen and oxygen atoms in total. The van der Waals surface area contributed by atoms with Gasteiger partial charge in [-0.05, 0) is 29.3 Å². The maximum absolute atomic E-state index is 10.6. The smallest absolute Gasteiger partial charge is 0.270 e. The van der Waals surface area contributed by atoms with Crippen molar-refractivity contribution >= 4 is 39.4 Å². The molecule has 0 aliphatic carbocycles. The minimum absolute atomic E-state index is 0.258. The van der Waals surface area contributed by atoms with Gasteiger partial charge in [0, 0.05) is 0 Å². The molecule has 0 aromatic rings. The third kappa shape index (κ3) is 2.98. The van der Waals surface area contributed by atoms with Crippen molar-refractivity contribution in [3.63, 3.8) is 0 Å². The fourth-order valence-corrected chi connectivity index (χ4v) is 0.730. The molecule has 0 saturated heterocycles. The number of hydrogen-bond donors (Lipinski definition) is 1. The minimum atomic E-state index is -1.03. The van der Waals surface area contributed by atoms with E-state index in [2.05, 4.69) is 6.58 Å². The van der Waals surface area contributed by atoms with Gasteiger partial charge in [0.25, 0.3) is 10.5 Å². The predicted octanol–water partition coefficient (Wildman–Crippen LogP) is 1.65. The second kappa shape index (κ2) is 4.85. The summed E-state index contributed by atoms with van der Waals surface area (Å²) in [5, 5.41) is 5.09. The van der Waals surface area contributed by atoms with E-state index in [0.29, 0.717) is 0 Å². The van der Waals surface area contributed by atoms with Gasteiger partial charge in [0.2, 0.25) is 0 Å². The monoisotopic (exact) mass is 205 g/mol. The van der Waals surface area contributed by atoms with E-state index in [4.69, 9.17) is 28.6 Å². The van der Waals surface area contributed by atoms with E-state index in [9.17, 15) is 9.59 Å². The second-order valence-electron chi connectivity index (χ2n) is 1.74. The van der Waals surface area contributed by atoms with Gasteiger partial charge in [-0.2, -0.15) is 0 Å². The summed E-state index contributed by atoms with van der Waals surface area (Å²) in [4.78, 5) is 21.0. The summed E-state index contributed by atoms with van der Waals surface area (Å²) in [5.74, 6) is 0. The third-order valence-electron chi connectivity index (χ3n) is 0.962. The van der Waals surface area contributed by atoms with Crippen molar-refractivity contribution in [1.29, 1.82) is 5.41 Å². The van der Waals surface area contributed by atoms with Gasteiger partial charge in [0.1, 0.15) is 5.71 Å². The molecule has 0 amide bonds. The van der Waals surface area contributed by atoms with E-state index in [-0.39, 0.29) is 5.57 Å². The highest BCUT2D eigenvalue weighted by molar-refractivity contribution is 6.87. The van der Waals surface area contributed by atoms with Crippen LogP contribution < -0.4 is 0 Å². The zero-order valence-corrected chi connectivity index (χ0v) is 7.45. The first kappa shape index (κ1) is 11.1. The Labute approximate surface area is 79.2 Å². The van der Waals surface area contributed by atoms with Crippen LogP contribution in [-0.4, -0.2) is 16.2 Å². The molecule has 0 bridgehead atoms. The van der Waals surface area contributed by atoms with Crippen molar-refractivity contribution in [3.05, 3.63) is 24.3 Å². The first-order valence-corrected chi connectivity index (χ1v) is 3.57. The highest BCUT2D eigenvalue weighted by atomic mass is 35.5. The van der Waals surface area contributed by atoms with Crippen LogP contribution in [0.4, 0.5) is 0 Å². The number of halogens is 2. The van der Waals surface area contributed by atoms with Crippen LogP contribution in [0.3, 0.4) is 0 Å². The zero-order chi connectivity index (χ0) is 9.72. The van der Waals surface area contributed by atoms with E-state index in [1.54, 1.807) is 0 Å². The molecule has 0 rings (SSSR count). The standard InChI is InChI=1S/C7H5Cl2NO2/c1-2-3-4(6(8)11)5(10)7(9)12/h2-3,10H,1H2/b4-3+,10-5?. The summed E-state index contributed by atoms with van der Waals surface area (Å²) >= 11 is 10.0. The molecule has 0 atom stereocenters. The molecular formula is C7H5Cl2NO2. The first-order valence-electron chi connectivity index (χ1n) is 2.82. The summed E-state index contributed by atoms with van der Waals surface area (Å²) < 4.78 is 0. The number of carbonyl (C=O) groups excluding carboxylic acids is 2. The molecule has 0 radical (unpaired) electrons. The summed E-state index contributed by atoms with van der Waals surface area (Å²) in [6.45, 7) is 3.29. The number of hydrogen-bond acceptors (Lipinski definition) is 3. The van der Waals surface area contributed by atoms with Gasteiger partial charge in [-0.15, -0.1) is 0 Å². The van der Waals surface area contributed by atoms with Crippen LogP contribution in [0, 0.1) is 5.41 Å². The van der Waals surface area contributed by atoms with Gasteiger partial charge in [-0.1, -0.05) is 12.7 Å². The van der Waals surface area contributed by atoms with Crippen LogP contribution in [0.1, 0.15) is 0 Å². The minimum Gasteiger partial charge on any atom is -0.295 e. The summed E-state index contributed by atoms with van der Waals surface area (Å²) in [6, 6.07) is 0. The van der Waals surface area contributed by atoms with Crippen molar-refractivity contribution in [3.8, 4) is 0 Å². The fraction of sp³-hybridized carbons (Fsp3) is 0. The molecule has 0 aliphatic rings. The first-order chi connectivity index (χ1) is 5.50. The molecule has 0 aliphatic heterocycles. The summed E-state index contributed by atoms with van der Waals surface area (Å²) in [5.41, 5.74) is -0.886. The number of carbonyl (C=O) groups is 2. The maximum atomic E-state index is 10.6. The Hall–Kier alpha value is -0.930. The molecule has 0 heterocycles. The fourth-order valence-electron chi connectivity index (χ4n) is 0.471. The Kier molecular flexibility index (Phi) is 4.47. The quantitative estimate of drug-likeness (QED) is 0.329. The molecule has 0 aromatic heterocycles. The van der Waals surface area contributed by atoms with E-state index in [0.717, 1.165) is 6.08 Å². The SMILES string of the molecule is C=C/C=C(\C(=N)C(=O)Cl)C(=O)Cl. The van der Waals surface area contributed by atoms with Crippen molar-refractivity contribution in [2.24, 2.45) is 0 Å². The van der Waals surface area contributed by atoms with Crippen LogP contribution >= 0.6 is 23.2 Å². The van der Waals surface area contributed by atoms with Crippen molar-refractivity contribution < 1.29 is 9.59 Å². The average molecular weight is 206 g/mol. The second-order valence-corrected chi connectivity index (χ2v) is 2.43. The Bertz CT molecular complexity index is 281. The lowest BCUT2D eigenvalue weighted by Crippen LogP contribution is -2.13. The van der Waals surface area contributed by atoms with E-state index >= 15 is 0 Å². The van der Waals surface area contributed by atoms with Crippen LogP contribution in [0.25, 0.3) is 0 Å². The van der Waals surface area contributed by atoms with Gasteiger partial charge in [0.05, 0.1) is 5.57 Å². The number of allylic oxidation sites excluding steroid dienone is 3. The molecule has 0 unspecified atom stereocenters. The highest BCUT2D eigenvalue weighted by Crippen LogP contribution is 2.05. The number of rotatable bonds is 4. The Balaban J connectivity index is 4.89. The third-order valence-corrected chi connectivity index (χ3v) is 1.35. The largest absolute Gasteiger partial charge is 0.295 e. The van der Waals surface area contributed by atoms with Gasteiger partial charge in [0.15, 0.2) is 0 Å². The predicted molar refractivity (Wildman–Crippen MR) is 47.7 cm³/mol.